The molecule has 0 unspecified atom stereocenters. The van der Waals surface area contributed by atoms with Gasteiger partial charge >= 0.3 is 0 Å². The van der Waals surface area contributed by atoms with E-state index in [0.717, 1.165) is 56.0 Å². The van der Waals surface area contributed by atoms with Gasteiger partial charge in [-0.3, -0.25) is 9.69 Å². The second-order valence-electron chi connectivity index (χ2n) is 9.11. The van der Waals surface area contributed by atoms with Crippen LogP contribution in [0.15, 0.2) is 18.2 Å². The van der Waals surface area contributed by atoms with Crippen molar-refractivity contribution in [2.24, 2.45) is 5.92 Å². The third-order valence-electron chi connectivity index (χ3n) is 6.98. The molecule has 2 aliphatic heterocycles. The van der Waals surface area contributed by atoms with Crippen LogP contribution in [0.3, 0.4) is 0 Å². The van der Waals surface area contributed by atoms with E-state index >= 15 is 0 Å². The van der Waals surface area contributed by atoms with Crippen LogP contribution in [0.4, 0.5) is 0 Å². The SMILES string of the molecule is CCCN1CCC(N2CCC[C@@H](C(=O)N(C)CCc3ccc(OC)c(OC)c3)C2)CC1. The quantitative estimate of drug-likeness (QED) is 0.600. The molecule has 174 valence electrons. The van der Waals surface area contributed by atoms with Crippen molar-refractivity contribution in [1.82, 2.24) is 14.7 Å². The van der Waals surface area contributed by atoms with Gasteiger partial charge in [-0.15, -0.1) is 0 Å². The minimum atomic E-state index is 0.137. The van der Waals surface area contributed by atoms with Gasteiger partial charge in [-0.1, -0.05) is 13.0 Å². The number of carbonyl (C=O) groups is 1. The van der Waals surface area contributed by atoms with Crippen molar-refractivity contribution in [3.63, 3.8) is 0 Å². The highest BCUT2D eigenvalue weighted by atomic mass is 16.5. The fourth-order valence-electron chi connectivity index (χ4n) is 5.12. The Labute approximate surface area is 188 Å². The first kappa shape index (κ1) is 23.9. The molecular formula is C25H41N3O3. The monoisotopic (exact) mass is 431 g/mol. The molecule has 6 heteroatoms. The average Bonchev–Trinajstić information content (AvgIpc) is 2.82. The number of piperidine rings is 2. The molecule has 0 N–H and O–H groups in total. The topological polar surface area (TPSA) is 45.2 Å². The Morgan fingerprint density at radius 1 is 1.10 bits per heavy atom. The highest BCUT2D eigenvalue weighted by molar-refractivity contribution is 5.79. The molecule has 1 atom stereocenters. The summed E-state index contributed by atoms with van der Waals surface area (Å²) < 4.78 is 10.7. The molecule has 1 aromatic rings. The molecule has 2 fully saturated rings. The van der Waals surface area contributed by atoms with Crippen molar-refractivity contribution in [3.8, 4) is 11.5 Å². The summed E-state index contributed by atoms with van der Waals surface area (Å²) in [5.41, 5.74) is 1.15. The van der Waals surface area contributed by atoms with Gasteiger partial charge in [0.2, 0.25) is 5.91 Å². The molecule has 0 radical (unpaired) electrons. The number of carbonyl (C=O) groups excluding carboxylic acids is 1. The van der Waals surface area contributed by atoms with Gasteiger partial charge < -0.3 is 19.3 Å². The zero-order valence-corrected chi connectivity index (χ0v) is 19.9. The van der Waals surface area contributed by atoms with E-state index in [4.69, 9.17) is 9.47 Å². The van der Waals surface area contributed by atoms with Crippen molar-refractivity contribution < 1.29 is 14.3 Å². The maximum Gasteiger partial charge on any atom is 0.226 e. The Morgan fingerprint density at radius 2 is 1.84 bits per heavy atom. The summed E-state index contributed by atoms with van der Waals surface area (Å²) in [5.74, 6) is 1.91. The summed E-state index contributed by atoms with van der Waals surface area (Å²) in [7, 11) is 5.25. The van der Waals surface area contributed by atoms with Crippen LogP contribution >= 0.6 is 0 Å². The van der Waals surface area contributed by atoms with Gasteiger partial charge in [-0.2, -0.15) is 0 Å². The second-order valence-corrected chi connectivity index (χ2v) is 9.11. The van der Waals surface area contributed by atoms with Crippen LogP contribution in [0, 0.1) is 5.92 Å². The molecule has 1 aromatic carbocycles. The van der Waals surface area contributed by atoms with Crippen molar-refractivity contribution in [3.05, 3.63) is 23.8 Å². The molecular weight excluding hydrogens is 390 g/mol. The van der Waals surface area contributed by atoms with Gasteiger partial charge in [-0.25, -0.2) is 0 Å². The average molecular weight is 432 g/mol. The number of methoxy groups -OCH3 is 2. The van der Waals surface area contributed by atoms with Crippen LogP contribution in [0.25, 0.3) is 0 Å². The molecule has 3 rings (SSSR count). The fraction of sp³-hybridized carbons (Fsp3) is 0.720. The molecule has 2 saturated heterocycles. The number of ether oxygens (including phenoxy) is 2. The number of benzene rings is 1. The van der Waals surface area contributed by atoms with Crippen LogP contribution in [-0.2, 0) is 11.2 Å². The summed E-state index contributed by atoms with van der Waals surface area (Å²) in [6.07, 6.45) is 6.70. The zero-order chi connectivity index (χ0) is 22.2. The van der Waals surface area contributed by atoms with E-state index in [2.05, 4.69) is 16.7 Å². The lowest BCUT2D eigenvalue weighted by Gasteiger charge is -2.42. The minimum Gasteiger partial charge on any atom is -0.493 e. The van der Waals surface area contributed by atoms with E-state index in [0.29, 0.717) is 11.9 Å². The molecule has 0 spiro atoms. The van der Waals surface area contributed by atoms with Crippen LogP contribution in [0.5, 0.6) is 11.5 Å². The predicted molar refractivity (Wildman–Crippen MR) is 125 cm³/mol. The number of rotatable bonds is 9. The van der Waals surface area contributed by atoms with E-state index in [-0.39, 0.29) is 5.92 Å². The molecule has 0 aromatic heterocycles. The van der Waals surface area contributed by atoms with Gasteiger partial charge in [0.25, 0.3) is 0 Å². The maximum absolute atomic E-state index is 13.2. The highest BCUT2D eigenvalue weighted by Crippen LogP contribution is 2.28. The molecule has 1 amide bonds. The molecule has 0 aliphatic carbocycles. The van der Waals surface area contributed by atoms with Gasteiger partial charge in [0.05, 0.1) is 20.1 Å². The molecule has 0 bridgehead atoms. The van der Waals surface area contributed by atoms with Crippen molar-refractivity contribution in [1.29, 1.82) is 0 Å². The van der Waals surface area contributed by atoms with Crippen LogP contribution in [0.2, 0.25) is 0 Å². The summed E-state index contributed by atoms with van der Waals surface area (Å²) in [6, 6.07) is 6.64. The lowest BCUT2D eigenvalue weighted by Crippen LogP contribution is -2.51. The third-order valence-corrected chi connectivity index (χ3v) is 6.98. The summed E-state index contributed by atoms with van der Waals surface area (Å²) in [6.45, 7) is 8.70. The van der Waals surface area contributed by atoms with Crippen LogP contribution in [0.1, 0.15) is 44.6 Å². The number of hydrogen-bond acceptors (Lipinski definition) is 5. The Bertz CT molecular complexity index is 703. The molecule has 2 heterocycles. The first-order chi connectivity index (χ1) is 15.0. The Morgan fingerprint density at radius 3 is 2.52 bits per heavy atom. The van der Waals surface area contributed by atoms with Gasteiger partial charge in [-0.05, 0) is 82.4 Å². The van der Waals surface area contributed by atoms with Crippen molar-refractivity contribution in [2.75, 3.05) is 60.5 Å². The lowest BCUT2D eigenvalue weighted by molar-refractivity contribution is -0.136. The molecule has 31 heavy (non-hydrogen) atoms. The summed E-state index contributed by atoms with van der Waals surface area (Å²) in [4.78, 5) is 20.3. The molecule has 0 saturated carbocycles. The van der Waals surface area contributed by atoms with E-state index < -0.39 is 0 Å². The van der Waals surface area contributed by atoms with Crippen molar-refractivity contribution >= 4 is 5.91 Å². The largest absolute Gasteiger partial charge is 0.493 e. The van der Waals surface area contributed by atoms with Crippen LogP contribution in [-0.4, -0.2) is 87.2 Å². The number of nitrogens with zero attached hydrogens (tertiary/aromatic N) is 3. The maximum atomic E-state index is 13.2. The smallest absolute Gasteiger partial charge is 0.226 e. The third kappa shape index (κ3) is 6.36. The van der Waals surface area contributed by atoms with E-state index in [1.807, 2.05) is 30.1 Å². The van der Waals surface area contributed by atoms with E-state index in [9.17, 15) is 4.79 Å². The zero-order valence-electron chi connectivity index (χ0n) is 19.9. The van der Waals surface area contributed by atoms with Gasteiger partial charge in [0.1, 0.15) is 0 Å². The standard InChI is InChI=1S/C25H41N3O3/c1-5-13-27-16-11-22(12-17-27)28-14-6-7-21(19-28)25(29)26(2)15-10-20-8-9-23(30-3)24(18-20)31-4/h8-9,18,21-22H,5-7,10-17,19H2,1-4H3/t21-/m1/s1. The lowest BCUT2D eigenvalue weighted by atomic mass is 9.92. The normalized spacial score (nSPS) is 21.1. The van der Waals surface area contributed by atoms with Gasteiger partial charge in [0, 0.05) is 26.2 Å². The van der Waals surface area contributed by atoms with Crippen molar-refractivity contribution in [2.45, 2.75) is 51.5 Å². The summed E-state index contributed by atoms with van der Waals surface area (Å²) in [5, 5.41) is 0. The van der Waals surface area contributed by atoms with E-state index in [1.54, 1.807) is 14.2 Å². The summed E-state index contributed by atoms with van der Waals surface area (Å²) >= 11 is 0. The Balaban J connectivity index is 1.49. The number of likely N-dealkylation sites (tertiary alicyclic amines) is 2. The van der Waals surface area contributed by atoms with Crippen LogP contribution < -0.4 is 9.47 Å². The molecule has 6 nitrogen and oxygen atoms in total. The number of hydrogen-bond donors (Lipinski definition) is 0. The Kier molecular flexibility index (Phi) is 9.02. The number of likely N-dealkylation sites (N-methyl/N-ethyl adjacent to an activating group) is 1. The minimum absolute atomic E-state index is 0.137. The highest BCUT2D eigenvalue weighted by Gasteiger charge is 2.32. The molecule has 2 aliphatic rings. The first-order valence-electron chi connectivity index (χ1n) is 12.0. The predicted octanol–water partition coefficient (Wildman–Crippen LogP) is 3.29. The first-order valence-corrected chi connectivity index (χ1v) is 12.0. The fourth-order valence-corrected chi connectivity index (χ4v) is 5.12. The number of amides is 1. The van der Waals surface area contributed by atoms with Gasteiger partial charge in [0.15, 0.2) is 11.5 Å². The van der Waals surface area contributed by atoms with E-state index in [1.165, 1.54) is 38.9 Å². The second kappa shape index (κ2) is 11.7. The Hall–Kier alpha value is -1.79.